The van der Waals surface area contributed by atoms with E-state index in [-0.39, 0.29) is 16.9 Å². The molecule has 0 spiro atoms. The third kappa shape index (κ3) is 4.32. The maximum absolute atomic E-state index is 12.4. The van der Waals surface area contributed by atoms with Crippen LogP contribution < -0.4 is 10.6 Å². The Morgan fingerprint density at radius 2 is 1.83 bits per heavy atom. The first-order valence-electron chi connectivity index (χ1n) is 7.55. The second-order valence-electron chi connectivity index (χ2n) is 6.57. The fourth-order valence-corrected chi connectivity index (χ4v) is 2.17. The molecular weight excluding hydrogens is 306 g/mol. The van der Waals surface area contributed by atoms with Crippen molar-refractivity contribution in [3.8, 4) is 0 Å². The van der Waals surface area contributed by atoms with Gasteiger partial charge in [0, 0.05) is 11.9 Å². The van der Waals surface area contributed by atoms with E-state index in [9.17, 15) is 9.59 Å². The Kier molecular flexibility index (Phi) is 4.87. The van der Waals surface area contributed by atoms with Gasteiger partial charge in [-0.25, -0.2) is 4.79 Å². The van der Waals surface area contributed by atoms with Gasteiger partial charge in [-0.1, -0.05) is 32.9 Å². The molecule has 0 aliphatic heterocycles. The number of carboxylic acid groups (broad SMARTS) is 1. The average Bonchev–Trinajstić information content (AvgIpc) is 2.48. The third-order valence-corrected chi connectivity index (χ3v) is 3.58. The van der Waals surface area contributed by atoms with Crippen LogP contribution in [-0.2, 0) is 5.41 Å². The van der Waals surface area contributed by atoms with Crippen LogP contribution in [-0.4, -0.2) is 22.1 Å². The molecule has 0 atom stereocenters. The van der Waals surface area contributed by atoms with E-state index in [4.69, 9.17) is 5.11 Å². The predicted octanol–water partition coefficient (Wildman–Crippen LogP) is 4.03. The van der Waals surface area contributed by atoms with E-state index in [2.05, 4.69) is 36.4 Å². The van der Waals surface area contributed by atoms with Crippen molar-refractivity contribution in [2.45, 2.75) is 33.1 Å². The smallest absolute Gasteiger partial charge is 0.409 e. The van der Waals surface area contributed by atoms with Crippen molar-refractivity contribution in [1.29, 1.82) is 0 Å². The van der Waals surface area contributed by atoms with E-state index in [1.165, 1.54) is 12.3 Å². The molecular formula is C18H21N3O3. The van der Waals surface area contributed by atoms with Gasteiger partial charge < -0.3 is 10.4 Å². The fraction of sp³-hybridized carbons (Fsp3) is 0.278. The minimum Gasteiger partial charge on any atom is -0.465 e. The molecule has 1 aromatic carbocycles. The number of amides is 2. The lowest BCUT2D eigenvalue weighted by Crippen LogP contribution is -2.16. The van der Waals surface area contributed by atoms with E-state index in [0.29, 0.717) is 17.1 Å². The van der Waals surface area contributed by atoms with E-state index in [0.717, 1.165) is 5.56 Å². The summed E-state index contributed by atoms with van der Waals surface area (Å²) in [4.78, 5) is 27.2. The number of hydrogen-bond acceptors (Lipinski definition) is 3. The summed E-state index contributed by atoms with van der Waals surface area (Å²) in [6, 6.07) is 9.11. The van der Waals surface area contributed by atoms with Crippen molar-refractivity contribution in [1.82, 2.24) is 4.98 Å². The van der Waals surface area contributed by atoms with Gasteiger partial charge in [0.15, 0.2) is 0 Å². The number of nitrogens with zero attached hydrogens (tertiary/aromatic N) is 1. The predicted molar refractivity (Wildman–Crippen MR) is 93.7 cm³/mol. The molecule has 24 heavy (non-hydrogen) atoms. The maximum Gasteiger partial charge on any atom is 0.409 e. The van der Waals surface area contributed by atoms with E-state index >= 15 is 0 Å². The quantitative estimate of drug-likeness (QED) is 0.793. The number of benzene rings is 1. The zero-order valence-corrected chi connectivity index (χ0v) is 14.2. The highest BCUT2D eigenvalue weighted by molar-refractivity contribution is 6.05. The van der Waals surface area contributed by atoms with Crippen LogP contribution in [0.2, 0.25) is 0 Å². The highest BCUT2D eigenvalue weighted by atomic mass is 16.4. The van der Waals surface area contributed by atoms with Crippen molar-refractivity contribution >= 4 is 23.4 Å². The highest BCUT2D eigenvalue weighted by Gasteiger charge is 2.15. The molecule has 0 radical (unpaired) electrons. The highest BCUT2D eigenvalue weighted by Crippen LogP contribution is 2.25. The standard InChI is InChI=1S/C18H21N3O3/c1-11-15(21-17(23)24)8-12(10-19-11)16(22)20-14-7-5-6-13(9-14)18(2,3)4/h5-10,21H,1-4H3,(H,20,22)(H,23,24). The van der Waals surface area contributed by atoms with Crippen molar-refractivity contribution in [2.75, 3.05) is 10.6 Å². The number of carbonyl (C=O) groups excluding carboxylic acids is 1. The number of pyridine rings is 1. The largest absolute Gasteiger partial charge is 0.465 e. The minimum atomic E-state index is -1.20. The van der Waals surface area contributed by atoms with E-state index in [1.807, 2.05) is 24.3 Å². The number of nitrogens with one attached hydrogen (secondary N) is 2. The number of aromatic nitrogens is 1. The summed E-state index contributed by atoms with van der Waals surface area (Å²) in [7, 11) is 0. The summed E-state index contributed by atoms with van der Waals surface area (Å²) in [5, 5.41) is 13.9. The zero-order valence-electron chi connectivity index (χ0n) is 14.2. The van der Waals surface area contributed by atoms with Gasteiger partial charge in [0.1, 0.15) is 0 Å². The normalized spacial score (nSPS) is 11.0. The molecule has 0 aliphatic rings. The van der Waals surface area contributed by atoms with Gasteiger partial charge in [-0.05, 0) is 36.1 Å². The number of carbonyl (C=O) groups is 2. The fourth-order valence-electron chi connectivity index (χ4n) is 2.17. The Labute approximate surface area is 140 Å². The van der Waals surface area contributed by atoms with Crippen LogP contribution in [0.15, 0.2) is 36.5 Å². The molecule has 1 aromatic heterocycles. The first-order valence-corrected chi connectivity index (χ1v) is 7.55. The van der Waals surface area contributed by atoms with Gasteiger partial charge in [-0.2, -0.15) is 0 Å². The molecule has 0 aliphatic carbocycles. The van der Waals surface area contributed by atoms with Gasteiger partial charge in [-0.15, -0.1) is 0 Å². The van der Waals surface area contributed by atoms with Crippen molar-refractivity contribution in [2.24, 2.45) is 0 Å². The summed E-state index contributed by atoms with van der Waals surface area (Å²) in [5.41, 5.74) is 2.84. The Bertz CT molecular complexity index is 779. The molecule has 0 saturated heterocycles. The Balaban J connectivity index is 2.23. The molecule has 1 heterocycles. The second-order valence-corrected chi connectivity index (χ2v) is 6.57. The van der Waals surface area contributed by atoms with Crippen molar-refractivity contribution < 1.29 is 14.7 Å². The van der Waals surface area contributed by atoms with E-state index < -0.39 is 6.09 Å². The summed E-state index contributed by atoms with van der Waals surface area (Å²) in [6.45, 7) is 7.96. The molecule has 6 heteroatoms. The monoisotopic (exact) mass is 327 g/mol. The lowest BCUT2D eigenvalue weighted by Gasteiger charge is -2.20. The average molecular weight is 327 g/mol. The topological polar surface area (TPSA) is 91.3 Å². The zero-order chi connectivity index (χ0) is 17.9. The van der Waals surface area contributed by atoms with Crippen LogP contribution in [0.25, 0.3) is 0 Å². The summed E-state index contributed by atoms with van der Waals surface area (Å²) in [6.07, 6.45) is 0.223. The molecule has 0 unspecified atom stereocenters. The molecule has 2 rings (SSSR count). The molecule has 2 amide bonds. The molecule has 6 nitrogen and oxygen atoms in total. The van der Waals surface area contributed by atoms with Gasteiger partial charge in [0.25, 0.3) is 5.91 Å². The second kappa shape index (κ2) is 6.70. The summed E-state index contributed by atoms with van der Waals surface area (Å²) in [5.74, 6) is -0.345. The Morgan fingerprint density at radius 1 is 1.12 bits per heavy atom. The number of anilines is 2. The Morgan fingerprint density at radius 3 is 2.46 bits per heavy atom. The van der Waals surface area contributed by atoms with Crippen LogP contribution >= 0.6 is 0 Å². The van der Waals surface area contributed by atoms with Crippen LogP contribution in [0.1, 0.15) is 42.4 Å². The SMILES string of the molecule is Cc1ncc(C(=O)Nc2cccc(C(C)(C)C)c2)cc1NC(=O)O. The number of hydrogen-bond donors (Lipinski definition) is 3. The first-order chi connectivity index (χ1) is 11.2. The van der Waals surface area contributed by atoms with Gasteiger partial charge in [0.2, 0.25) is 0 Å². The molecule has 2 aromatic rings. The molecule has 3 N–H and O–H groups in total. The van der Waals surface area contributed by atoms with Gasteiger partial charge in [-0.3, -0.25) is 15.1 Å². The number of aryl methyl sites for hydroxylation is 1. The lowest BCUT2D eigenvalue weighted by molar-refractivity contribution is 0.102. The summed E-state index contributed by atoms with van der Waals surface area (Å²) < 4.78 is 0. The van der Waals surface area contributed by atoms with Crippen molar-refractivity contribution in [3.05, 3.63) is 53.3 Å². The van der Waals surface area contributed by atoms with E-state index in [1.54, 1.807) is 6.92 Å². The Hall–Kier alpha value is -2.89. The summed E-state index contributed by atoms with van der Waals surface area (Å²) >= 11 is 0. The van der Waals surface area contributed by atoms with Gasteiger partial charge >= 0.3 is 6.09 Å². The first kappa shape index (κ1) is 17.5. The third-order valence-electron chi connectivity index (χ3n) is 3.58. The molecule has 126 valence electrons. The molecule has 0 fully saturated rings. The number of rotatable bonds is 3. The minimum absolute atomic E-state index is 0.0231. The van der Waals surface area contributed by atoms with Crippen LogP contribution in [0.3, 0.4) is 0 Å². The van der Waals surface area contributed by atoms with Crippen LogP contribution in [0.5, 0.6) is 0 Å². The molecule has 0 saturated carbocycles. The van der Waals surface area contributed by atoms with Gasteiger partial charge in [0.05, 0.1) is 16.9 Å². The molecule has 0 bridgehead atoms. The van der Waals surface area contributed by atoms with Crippen LogP contribution in [0.4, 0.5) is 16.2 Å². The maximum atomic E-state index is 12.4. The van der Waals surface area contributed by atoms with Crippen LogP contribution in [0, 0.1) is 6.92 Å². The van der Waals surface area contributed by atoms with Crippen molar-refractivity contribution in [3.63, 3.8) is 0 Å². The lowest BCUT2D eigenvalue weighted by atomic mass is 9.87.